The van der Waals surface area contributed by atoms with E-state index in [0.717, 1.165) is 39.2 Å². The predicted molar refractivity (Wildman–Crippen MR) is 124 cm³/mol. The summed E-state index contributed by atoms with van der Waals surface area (Å²) in [5, 5.41) is 7.30. The van der Waals surface area contributed by atoms with Crippen LogP contribution in [-0.2, 0) is 16.1 Å². The van der Waals surface area contributed by atoms with Gasteiger partial charge in [0.05, 0.1) is 18.1 Å². The first-order valence-corrected chi connectivity index (χ1v) is 11.3. The van der Waals surface area contributed by atoms with Crippen molar-refractivity contribution in [2.24, 2.45) is 28.8 Å². The molecule has 4 unspecified atom stereocenters. The van der Waals surface area contributed by atoms with Gasteiger partial charge in [0, 0.05) is 33.7 Å². The zero-order valence-electron chi connectivity index (χ0n) is 17.6. The molecule has 2 bridgehead atoms. The molecule has 2 amide bonds. The highest BCUT2D eigenvalue weighted by Gasteiger charge is 2.59. The summed E-state index contributed by atoms with van der Waals surface area (Å²) in [6, 6.07) is 16.0. The fraction of sp³-hybridized carbons (Fsp3) is 0.269. The number of allylic oxidation sites excluding steroid dienone is 2. The fourth-order valence-corrected chi connectivity index (χ4v) is 5.84. The number of fused-ring (bicyclic) bond motifs is 6. The van der Waals surface area contributed by atoms with Crippen LogP contribution in [0.3, 0.4) is 0 Å². The molecule has 2 aliphatic carbocycles. The maximum Gasteiger partial charge on any atom is 0.254 e. The molecule has 2 aromatic carbocycles. The lowest BCUT2D eigenvalue weighted by molar-refractivity contribution is -0.140. The van der Waals surface area contributed by atoms with Gasteiger partial charge in [0.1, 0.15) is 0 Å². The minimum absolute atomic E-state index is 0.157. The quantitative estimate of drug-likeness (QED) is 0.330. The Morgan fingerprint density at radius 2 is 1.66 bits per heavy atom. The number of para-hydroxylation sites is 1. The summed E-state index contributed by atoms with van der Waals surface area (Å²) < 4.78 is 2.23. The molecule has 3 aliphatic rings. The van der Waals surface area contributed by atoms with Crippen molar-refractivity contribution in [3.05, 3.63) is 82.5 Å². The van der Waals surface area contributed by atoms with E-state index in [-0.39, 0.29) is 35.5 Å². The summed E-state index contributed by atoms with van der Waals surface area (Å²) in [4.78, 5) is 25.9. The Labute approximate surface area is 191 Å². The lowest BCUT2D eigenvalue weighted by Gasteiger charge is -2.13. The summed E-state index contributed by atoms with van der Waals surface area (Å²) in [5.41, 5.74) is 4.18. The van der Waals surface area contributed by atoms with Crippen LogP contribution in [0.15, 0.2) is 65.8 Å². The smallest absolute Gasteiger partial charge is 0.254 e. The second-order valence-corrected chi connectivity index (χ2v) is 9.40. The molecule has 6 heteroatoms. The molecular weight excluding hydrogens is 422 g/mol. The van der Waals surface area contributed by atoms with Gasteiger partial charge < -0.3 is 4.57 Å². The first-order valence-electron chi connectivity index (χ1n) is 11.0. The number of imide groups is 1. The third kappa shape index (κ3) is 2.81. The van der Waals surface area contributed by atoms with Crippen LogP contribution in [0.2, 0.25) is 5.02 Å². The molecule has 3 aromatic rings. The molecule has 32 heavy (non-hydrogen) atoms. The number of hydrogen-bond acceptors (Lipinski definition) is 3. The van der Waals surface area contributed by atoms with Crippen molar-refractivity contribution < 1.29 is 9.59 Å². The van der Waals surface area contributed by atoms with Crippen molar-refractivity contribution in [3.8, 4) is 0 Å². The molecule has 1 aromatic heterocycles. The van der Waals surface area contributed by atoms with Crippen molar-refractivity contribution in [2.75, 3.05) is 0 Å². The van der Waals surface area contributed by atoms with E-state index in [1.165, 1.54) is 0 Å². The SMILES string of the molecule is Cc1c(C=NN2C(=O)C3C4C=CC(C4)C3C2=O)c2ccccc2n1Cc1ccc(Cl)cc1. The van der Waals surface area contributed by atoms with E-state index >= 15 is 0 Å². The van der Waals surface area contributed by atoms with Crippen LogP contribution in [-0.4, -0.2) is 27.6 Å². The number of halogens is 1. The molecule has 0 N–H and O–H groups in total. The first-order chi connectivity index (χ1) is 15.5. The lowest BCUT2D eigenvalue weighted by atomic mass is 9.85. The highest BCUT2D eigenvalue weighted by atomic mass is 35.5. The van der Waals surface area contributed by atoms with Crippen molar-refractivity contribution >= 4 is 40.5 Å². The van der Waals surface area contributed by atoms with Crippen LogP contribution in [0.1, 0.15) is 23.2 Å². The van der Waals surface area contributed by atoms with Crippen molar-refractivity contribution in [3.63, 3.8) is 0 Å². The van der Waals surface area contributed by atoms with Gasteiger partial charge >= 0.3 is 0 Å². The average molecular weight is 444 g/mol. The van der Waals surface area contributed by atoms with Gasteiger partial charge in [0.2, 0.25) is 0 Å². The number of aromatic nitrogens is 1. The topological polar surface area (TPSA) is 54.7 Å². The Hall–Kier alpha value is -3.18. The van der Waals surface area contributed by atoms with E-state index in [1.54, 1.807) is 6.21 Å². The molecule has 1 saturated heterocycles. The average Bonchev–Trinajstić information content (AvgIpc) is 3.53. The van der Waals surface area contributed by atoms with Crippen LogP contribution in [0.4, 0.5) is 0 Å². The zero-order chi connectivity index (χ0) is 22.0. The number of carbonyl (C=O) groups excluding carboxylic acids is 2. The van der Waals surface area contributed by atoms with E-state index in [1.807, 2.05) is 43.3 Å². The molecule has 2 fully saturated rings. The predicted octanol–water partition coefficient (Wildman–Crippen LogP) is 4.79. The second kappa shape index (κ2) is 7.17. The van der Waals surface area contributed by atoms with Gasteiger partial charge in [-0.1, -0.05) is 54.1 Å². The Morgan fingerprint density at radius 1 is 1.00 bits per heavy atom. The number of rotatable bonds is 4. The summed E-state index contributed by atoms with van der Waals surface area (Å²) in [6.07, 6.45) is 6.79. The third-order valence-corrected chi connectivity index (χ3v) is 7.53. The van der Waals surface area contributed by atoms with Gasteiger partial charge in [-0.3, -0.25) is 9.59 Å². The molecular formula is C26H22ClN3O2. The van der Waals surface area contributed by atoms with Crippen LogP contribution >= 0.6 is 11.6 Å². The van der Waals surface area contributed by atoms with Gasteiger partial charge in [0.15, 0.2) is 0 Å². The highest BCUT2D eigenvalue weighted by molar-refractivity contribution is 6.30. The Bertz CT molecular complexity index is 1290. The molecule has 6 rings (SSSR count). The maximum atomic E-state index is 13.0. The second-order valence-electron chi connectivity index (χ2n) is 8.96. The standard InChI is InChI=1S/C26H22ClN3O2/c1-15-21(13-28-30-25(31)23-17-8-9-18(12-17)24(23)26(30)32)20-4-2-3-5-22(20)29(15)14-16-6-10-19(27)11-7-16/h2-11,13,17-18,23-24H,12,14H2,1H3. The van der Waals surface area contributed by atoms with Crippen molar-refractivity contribution in [1.29, 1.82) is 0 Å². The fourth-order valence-electron chi connectivity index (χ4n) is 5.71. The molecule has 2 heterocycles. The van der Waals surface area contributed by atoms with Crippen molar-refractivity contribution in [2.45, 2.75) is 19.9 Å². The number of carbonyl (C=O) groups is 2. The first kappa shape index (κ1) is 19.5. The molecule has 1 saturated carbocycles. The Kier molecular flexibility index (Phi) is 4.37. The van der Waals surface area contributed by atoms with E-state index in [0.29, 0.717) is 11.6 Å². The molecule has 160 valence electrons. The minimum atomic E-state index is -0.234. The number of nitrogens with zero attached hydrogens (tertiary/aromatic N) is 3. The van der Waals surface area contributed by atoms with Gasteiger partial charge in [-0.25, -0.2) is 0 Å². The van der Waals surface area contributed by atoms with E-state index in [2.05, 4.69) is 34.0 Å². The van der Waals surface area contributed by atoms with Crippen molar-refractivity contribution in [1.82, 2.24) is 9.58 Å². The molecule has 0 radical (unpaired) electrons. The summed E-state index contributed by atoms with van der Waals surface area (Å²) in [6.45, 7) is 2.74. The molecule has 0 spiro atoms. The zero-order valence-corrected chi connectivity index (χ0v) is 18.4. The van der Waals surface area contributed by atoms with Crippen LogP contribution in [0, 0.1) is 30.6 Å². The van der Waals surface area contributed by atoms with Gasteiger partial charge in [0.25, 0.3) is 11.8 Å². The van der Waals surface area contributed by atoms with E-state index in [4.69, 9.17) is 11.6 Å². The number of amides is 2. The Balaban J connectivity index is 1.35. The van der Waals surface area contributed by atoms with Gasteiger partial charge in [-0.2, -0.15) is 10.1 Å². The van der Waals surface area contributed by atoms with Gasteiger partial charge in [-0.15, -0.1) is 0 Å². The maximum absolute atomic E-state index is 13.0. The van der Waals surface area contributed by atoms with Crippen LogP contribution in [0.5, 0.6) is 0 Å². The lowest BCUT2D eigenvalue weighted by Crippen LogP contribution is -2.28. The van der Waals surface area contributed by atoms with Gasteiger partial charge in [-0.05, 0) is 48.9 Å². The summed E-state index contributed by atoms with van der Waals surface area (Å²) >= 11 is 6.04. The van der Waals surface area contributed by atoms with Crippen LogP contribution in [0.25, 0.3) is 10.9 Å². The summed E-state index contributed by atoms with van der Waals surface area (Å²) in [5.74, 6) is -0.412. The van der Waals surface area contributed by atoms with E-state index < -0.39 is 0 Å². The molecule has 4 atom stereocenters. The largest absolute Gasteiger partial charge is 0.340 e. The summed E-state index contributed by atoms with van der Waals surface area (Å²) in [7, 11) is 0. The normalized spacial score (nSPS) is 26.2. The number of hydrazone groups is 1. The van der Waals surface area contributed by atoms with Crippen LogP contribution < -0.4 is 0 Å². The van der Waals surface area contributed by atoms with E-state index in [9.17, 15) is 9.59 Å². The molecule has 5 nitrogen and oxygen atoms in total. The molecule has 1 aliphatic heterocycles. The highest BCUT2D eigenvalue weighted by Crippen LogP contribution is 2.52. The third-order valence-electron chi connectivity index (χ3n) is 7.28. The number of hydrogen-bond donors (Lipinski definition) is 0. The minimum Gasteiger partial charge on any atom is -0.340 e. The Morgan fingerprint density at radius 3 is 2.34 bits per heavy atom. The monoisotopic (exact) mass is 443 g/mol. The number of benzene rings is 2.